The SMILES string of the molecule is O=C1C=C2N=NC=CC=C2C(=O)C1. The molecule has 0 unspecified atom stereocenters. The first kappa shape index (κ1) is 7.79. The fraction of sp³-hybridized carbons (Fsp3) is 0.111. The molecule has 1 aliphatic heterocycles. The number of azo groups is 1. The molecule has 0 radical (unpaired) electrons. The van der Waals surface area contributed by atoms with Gasteiger partial charge >= 0.3 is 0 Å². The van der Waals surface area contributed by atoms with Gasteiger partial charge in [0.05, 0.1) is 12.1 Å². The summed E-state index contributed by atoms with van der Waals surface area (Å²) in [5.41, 5.74) is 0.836. The van der Waals surface area contributed by atoms with Gasteiger partial charge in [0.25, 0.3) is 0 Å². The van der Waals surface area contributed by atoms with Crippen LogP contribution in [0.4, 0.5) is 0 Å². The van der Waals surface area contributed by atoms with E-state index in [4.69, 9.17) is 0 Å². The molecule has 0 N–H and O–H groups in total. The lowest BCUT2D eigenvalue weighted by Crippen LogP contribution is -2.15. The van der Waals surface area contributed by atoms with Crippen LogP contribution in [0.5, 0.6) is 0 Å². The van der Waals surface area contributed by atoms with Crippen molar-refractivity contribution < 1.29 is 9.59 Å². The highest BCUT2D eigenvalue weighted by Crippen LogP contribution is 2.22. The van der Waals surface area contributed by atoms with E-state index in [-0.39, 0.29) is 18.0 Å². The van der Waals surface area contributed by atoms with Crippen molar-refractivity contribution in [3.05, 3.63) is 35.7 Å². The molecule has 2 rings (SSSR count). The molecule has 0 aromatic rings. The van der Waals surface area contributed by atoms with E-state index in [1.165, 1.54) is 12.3 Å². The Balaban J connectivity index is 2.54. The second-order valence-corrected chi connectivity index (χ2v) is 2.73. The Bertz CT molecular complexity index is 400. The number of hydrogen-bond donors (Lipinski definition) is 0. The molecule has 4 heteroatoms. The Morgan fingerprint density at radius 2 is 2.15 bits per heavy atom. The summed E-state index contributed by atoms with van der Waals surface area (Å²) >= 11 is 0. The third kappa shape index (κ3) is 1.38. The van der Waals surface area contributed by atoms with Crippen molar-refractivity contribution in [3.8, 4) is 0 Å². The topological polar surface area (TPSA) is 58.9 Å². The largest absolute Gasteiger partial charge is 0.294 e. The summed E-state index contributed by atoms with van der Waals surface area (Å²) in [4.78, 5) is 22.3. The van der Waals surface area contributed by atoms with E-state index in [1.54, 1.807) is 12.2 Å². The molecule has 1 aliphatic carbocycles. The van der Waals surface area contributed by atoms with Gasteiger partial charge in [-0.1, -0.05) is 0 Å². The summed E-state index contributed by atoms with van der Waals surface area (Å²) in [5, 5.41) is 7.38. The lowest BCUT2D eigenvalue weighted by atomic mass is 9.96. The molecule has 0 saturated heterocycles. The first-order chi connectivity index (χ1) is 6.27. The number of ketones is 2. The standard InChI is InChI=1S/C9H6N2O2/c12-6-4-8-7(9(13)5-6)2-1-3-10-11-8/h1-4H,5H2. The van der Waals surface area contributed by atoms with Crippen LogP contribution in [0.1, 0.15) is 6.42 Å². The van der Waals surface area contributed by atoms with Gasteiger partial charge in [0.2, 0.25) is 0 Å². The van der Waals surface area contributed by atoms with Crippen LogP contribution in [-0.4, -0.2) is 11.6 Å². The van der Waals surface area contributed by atoms with Gasteiger partial charge in [-0.2, -0.15) is 10.2 Å². The van der Waals surface area contributed by atoms with Gasteiger partial charge in [-0.3, -0.25) is 9.59 Å². The van der Waals surface area contributed by atoms with E-state index in [0.717, 1.165) is 0 Å². The third-order valence-corrected chi connectivity index (χ3v) is 1.79. The summed E-state index contributed by atoms with van der Waals surface area (Å²) < 4.78 is 0. The van der Waals surface area contributed by atoms with Crippen molar-refractivity contribution in [2.75, 3.05) is 0 Å². The second kappa shape index (κ2) is 2.90. The molecule has 0 aromatic carbocycles. The Labute approximate surface area is 74.3 Å². The molecule has 0 fully saturated rings. The number of fused-ring (bicyclic) bond motifs is 1. The van der Waals surface area contributed by atoms with Crippen molar-refractivity contribution >= 4 is 11.6 Å². The lowest BCUT2D eigenvalue weighted by molar-refractivity contribution is -0.122. The molecular weight excluding hydrogens is 168 g/mol. The number of carbonyl (C=O) groups is 2. The van der Waals surface area contributed by atoms with Crippen LogP contribution in [0.2, 0.25) is 0 Å². The van der Waals surface area contributed by atoms with E-state index in [0.29, 0.717) is 11.3 Å². The normalized spacial score (nSPS) is 20.6. The van der Waals surface area contributed by atoms with Gasteiger partial charge in [0, 0.05) is 17.8 Å². The first-order valence-corrected chi connectivity index (χ1v) is 3.83. The molecule has 1 heterocycles. The van der Waals surface area contributed by atoms with Crippen LogP contribution < -0.4 is 0 Å². The highest BCUT2D eigenvalue weighted by molar-refractivity contribution is 6.17. The predicted molar refractivity (Wildman–Crippen MR) is 44.8 cm³/mol. The molecule has 0 bridgehead atoms. The maximum Gasteiger partial charge on any atom is 0.172 e. The average molecular weight is 174 g/mol. The summed E-state index contributed by atoms with van der Waals surface area (Å²) in [6.45, 7) is 0. The zero-order valence-electron chi connectivity index (χ0n) is 6.73. The van der Waals surface area contributed by atoms with E-state index in [9.17, 15) is 9.59 Å². The summed E-state index contributed by atoms with van der Waals surface area (Å²) in [6, 6.07) is 0. The minimum Gasteiger partial charge on any atom is -0.294 e. The van der Waals surface area contributed by atoms with Gasteiger partial charge in [-0.15, -0.1) is 0 Å². The van der Waals surface area contributed by atoms with Crippen LogP contribution in [0.25, 0.3) is 0 Å². The molecular formula is C9H6N2O2. The van der Waals surface area contributed by atoms with Gasteiger partial charge < -0.3 is 0 Å². The van der Waals surface area contributed by atoms with Crippen LogP contribution in [0.15, 0.2) is 45.9 Å². The summed E-state index contributed by atoms with van der Waals surface area (Å²) in [6.07, 6.45) is 6.03. The monoisotopic (exact) mass is 174 g/mol. The summed E-state index contributed by atoms with van der Waals surface area (Å²) in [5.74, 6) is -0.397. The minimum atomic E-state index is -0.210. The zero-order chi connectivity index (χ0) is 9.26. The Morgan fingerprint density at radius 1 is 1.31 bits per heavy atom. The van der Waals surface area contributed by atoms with Gasteiger partial charge in [0.15, 0.2) is 11.6 Å². The molecule has 0 atom stereocenters. The number of allylic oxidation sites excluding steroid dienone is 4. The molecule has 0 amide bonds. The first-order valence-electron chi connectivity index (χ1n) is 3.83. The van der Waals surface area contributed by atoms with Gasteiger partial charge in [-0.25, -0.2) is 0 Å². The second-order valence-electron chi connectivity index (χ2n) is 2.73. The smallest absolute Gasteiger partial charge is 0.172 e. The molecule has 64 valence electrons. The van der Waals surface area contributed by atoms with Crippen molar-refractivity contribution in [3.63, 3.8) is 0 Å². The molecule has 0 aromatic heterocycles. The van der Waals surface area contributed by atoms with Crippen molar-refractivity contribution in [2.45, 2.75) is 6.42 Å². The molecule has 13 heavy (non-hydrogen) atoms. The van der Waals surface area contributed by atoms with Crippen molar-refractivity contribution in [2.24, 2.45) is 10.2 Å². The van der Waals surface area contributed by atoms with E-state index in [2.05, 4.69) is 10.2 Å². The molecule has 4 nitrogen and oxygen atoms in total. The number of hydrogen-bond acceptors (Lipinski definition) is 4. The quantitative estimate of drug-likeness (QED) is 0.520. The van der Waals surface area contributed by atoms with Crippen LogP contribution >= 0.6 is 0 Å². The van der Waals surface area contributed by atoms with Gasteiger partial charge in [-0.05, 0) is 12.2 Å². The minimum absolute atomic E-state index is 0.0569. The fourth-order valence-corrected chi connectivity index (χ4v) is 1.21. The average Bonchev–Trinajstić information content (AvgIpc) is 2.28. The Kier molecular flexibility index (Phi) is 1.73. The lowest BCUT2D eigenvalue weighted by Gasteiger charge is -2.08. The maximum absolute atomic E-state index is 11.3. The number of nitrogens with zero attached hydrogens (tertiary/aromatic N) is 2. The Hall–Kier alpha value is -1.84. The molecule has 0 saturated carbocycles. The fourth-order valence-electron chi connectivity index (χ4n) is 1.21. The number of Topliss-reactive ketones (excluding diaryl/α,β-unsaturated/α-hetero) is 1. The maximum atomic E-state index is 11.3. The summed E-state index contributed by atoms with van der Waals surface area (Å²) in [7, 11) is 0. The zero-order valence-corrected chi connectivity index (χ0v) is 6.73. The van der Waals surface area contributed by atoms with E-state index >= 15 is 0 Å². The molecule has 2 aliphatic rings. The van der Waals surface area contributed by atoms with Crippen LogP contribution in [0, 0.1) is 0 Å². The van der Waals surface area contributed by atoms with Crippen molar-refractivity contribution in [1.29, 1.82) is 0 Å². The van der Waals surface area contributed by atoms with Crippen LogP contribution in [0.3, 0.4) is 0 Å². The third-order valence-electron chi connectivity index (χ3n) is 1.79. The van der Waals surface area contributed by atoms with E-state index < -0.39 is 0 Å². The number of rotatable bonds is 0. The van der Waals surface area contributed by atoms with E-state index in [1.807, 2.05) is 0 Å². The highest BCUT2D eigenvalue weighted by atomic mass is 16.1. The Morgan fingerprint density at radius 3 is 3.00 bits per heavy atom. The number of carbonyl (C=O) groups excluding carboxylic acids is 2. The predicted octanol–water partition coefficient (Wildman–Crippen LogP) is 1.32. The molecule has 0 spiro atoms. The highest BCUT2D eigenvalue weighted by Gasteiger charge is 2.23. The van der Waals surface area contributed by atoms with Crippen molar-refractivity contribution in [1.82, 2.24) is 0 Å². The van der Waals surface area contributed by atoms with Gasteiger partial charge in [0.1, 0.15) is 0 Å². The van der Waals surface area contributed by atoms with Crippen LogP contribution in [-0.2, 0) is 9.59 Å².